The maximum absolute atomic E-state index is 11.1. The lowest BCUT2D eigenvalue weighted by Gasteiger charge is -2.12. The minimum Gasteiger partial charge on any atom is -0.495 e. The fourth-order valence-corrected chi connectivity index (χ4v) is 1.37. The van der Waals surface area contributed by atoms with Crippen LogP contribution in [0.1, 0.15) is 17.9 Å². The third-order valence-corrected chi connectivity index (χ3v) is 2.49. The second-order valence-corrected chi connectivity index (χ2v) is 3.37. The van der Waals surface area contributed by atoms with Gasteiger partial charge in [0, 0.05) is 5.56 Å². The van der Waals surface area contributed by atoms with Crippen LogP contribution < -0.4 is 10.5 Å². The number of carbonyl (C=O) groups is 1. The Morgan fingerprint density at radius 2 is 2.21 bits per heavy atom. The molecule has 0 heterocycles. The summed E-state index contributed by atoms with van der Waals surface area (Å²) in [5, 5.41) is -0.704. The molecule has 0 bridgehead atoms. The molecule has 1 aromatic carbocycles. The molecule has 1 rings (SSSR count). The summed E-state index contributed by atoms with van der Waals surface area (Å²) in [6, 6.07) is 5.20. The van der Waals surface area contributed by atoms with Crippen molar-refractivity contribution in [1.82, 2.24) is 0 Å². The van der Waals surface area contributed by atoms with Gasteiger partial charge in [0.05, 0.1) is 12.8 Å². The van der Waals surface area contributed by atoms with Crippen molar-refractivity contribution < 1.29 is 9.53 Å². The summed E-state index contributed by atoms with van der Waals surface area (Å²) in [6.07, 6.45) is 0. The van der Waals surface area contributed by atoms with Crippen LogP contribution in [0.5, 0.6) is 5.75 Å². The lowest BCUT2D eigenvalue weighted by atomic mass is 10.1. The minimum atomic E-state index is -0.704. The summed E-state index contributed by atoms with van der Waals surface area (Å²) < 4.78 is 5.02. The van der Waals surface area contributed by atoms with E-state index in [1.165, 1.54) is 14.0 Å². The van der Waals surface area contributed by atoms with E-state index >= 15 is 0 Å². The quantitative estimate of drug-likeness (QED) is 0.618. The van der Waals surface area contributed by atoms with E-state index < -0.39 is 5.38 Å². The van der Waals surface area contributed by atoms with Crippen molar-refractivity contribution in [2.24, 2.45) is 0 Å². The molecule has 0 saturated carbocycles. The van der Waals surface area contributed by atoms with Gasteiger partial charge < -0.3 is 10.5 Å². The molecule has 0 aliphatic carbocycles. The lowest BCUT2D eigenvalue weighted by molar-refractivity contribution is -0.116. The van der Waals surface area contributed by atoms with E-state index in [1.807, 2.05) is 0 Å². The highest BCUT2D eigenvalue weighted by molar-refractivity contribution is 6.31. The van der Waals surface area contributed by atoms with Gasteiger partial charge >= 0.3 is 0 Å². The largest absolute Gasteiger partial charge is 0.495 e. The molecule has 0 radical (unpaired) electrons. The summed E-state index contributed by atoms with van der Waals surface area (Å²) in [6.45, 7) is 1.43. The fraction of sp³-hybridized carbons (Fsp3) is 0.300. The number of nitrogens with two attached hydrogens (primary N) is 1. The standard InChI is InChI=1S/C10H12ClNO2/c1-6(13)9(11)7-4-3-5-8(14-2)10(7)12/h3-5,9H,12H2,1-2H3. The molecule has 0 aromatic heterocycles. The van der Waals surface area contributed by atoms with Gasteiger partial charge in [-0.25, -0.2) is 0 Å². The molecule has 1 unspecified atom stereocenters. The van der Waals surface area contributed by atoms with Crippen molar-refractivity contribution in [3.8, 4) is 5.75 Å². The number of benzene rings is 1. The highest BCUT2D eigenvalue weighted by Gasteiger charge is 2.17. The number of hydrogen-bond acceptors (Lipinski definition) is 3. The number of carbonyl (C=O) groups excluding carboxylic acids is 1. The van der Waals surface area contributed by atoms with Gasteiger partial charge in [0.25, 0.3) is 0 Å². The van der Waals surface area contributed by atoms with E-state index in [2.05, 4.69) is 0 Å². The number of halogens is 1. The van der Waals surface area contributed by atoms with E-state index in [9.17, 15) is 4.79 Å². The number of methoxy groups -OCH3 is 1. The second kappa shape index (κ2) is 4.33. The summed E-state index contributed by atoms with van der Waals surface area (Å²) in [5.74, 6) is 0.404. The highest BCUT2D eigenvalue weighted by atomic mass is 35.5. The highest BCUT2D eigenvalue weighted by Crippen LogP contribution is 2.32. The number of nitrogen functional groups attached to an aromatic ring is 1. The number of Topliss-reactive ketones (excluding diaryl/α,β-unsaturated/α-hetero) is 1. The van der Waals surface area contributed by atoms with E-state index in [0.29, 0.717) is 17.0 Å². The van der Waals surface area contributed by atoms with E-state index in [1.54, 1.807) is 18.2 Å². The smallest absolute Gasteiger partial charge is 0.152 e. The van der Waals surface area contributed by atoms with Crippen molar-refractivity contribution in [2.75, 3.05) is 12.8 Å². The lowest BCUT2D eigenvalue weighted by Crippen LogP contribution is -2.06. The first-order chi connectivity index (χ1) is 6.57. The van der Waals surface area contributed by atoms with Gasteiger partial charge in [-0.1, -0.05) is 12.1 Å². The first-order valence-corrected chi connectivity index (χ1v) is 4.58. The van der Waals surface area contributed by atoms with Crippen molar-refractivity contribution in [2.45, 2.75) is 12.3 Å². The molecule has 0 spiro atoms. The molecule has 3 nitrogen and oxygen atoms in total. The summed E-state index contributed by atoms with van der Waals surface area (Å²) in [5.41, 5.74) is 6.79. The third kappa shape index (κ3) is 1.99. The zero-order valence-electron chi connectivity index (χ0n) is 8.08. The van der Waals surface area contributed by atoms with Gasteiger partial charge in [0.15, 0.2) is 5.78 Å². The van der Waals surface area contributed by atoms with Gasteiger partial charge in [-0.2, -0.15) is 0 Å². The molecule has 76 valence electrons. The molecule has 1 aromatic rings. The van der Waals surface area contributed by atoms with Gasteiger partial charge in [-0.3, -0.25) is 4.79 Å². The van der Waals surface area contributed by atoms with Gasteiger partial charge in [0.2, 0.25) is 0 Å². The zero-order valence-corrected chi connectivity index (χ0v) is 8.84. The van der Waals surface area contributed by atoms with Crippen molar-refractivity contribution in [3.63, 3.8) is 0 Å². The van der Waals surface area contributed by atoms with Crippen LogP contribution in [0, 0.1) is 0 Å². The zero-order chi connectivity index (χ0) is 10.7. The van der Waals surface area contributed by atoms with Crippen LogP contribution in [-0.2, 0) is 4.79 Å². The first-order valence-electron chi connectivity index (χ1n) is 4.14. The fourth-order valence-electron chi connectivity index (χ4n) is 1.18. The van der Waals surface area contributed by atoms with Gasteiger partial charge in [-0.15, -0.1) is 11.6 Å². The maximum atomic E-state index is 11.1. The second-order valence-electron chi connectivity index (χ2n) is 2.94. The summed E-state index contributed by atoms with van der Waals surface area (Å²) in [7, 11) is 1.52. The van der Waals surface area contributed by atoms with Crippen LogP contribution in [0.2, 0.25) is 0 Å². The number of ketones is 1. The predicted octanol–water partition coefficient (Wildman–Crippen LogP) is 2.15. The average molecular weight is 214 g/mol. The molecule has 0 saturated heterocycles. The first kappa shape index (κ1) is 10.9. The molecule has 0 amide bonds. The molecule has 1 atom stereocenters. The Labute approximate surface area is 87.8 Å². The average Bonchev–Trinajstić information content (AvgIpc) is 2.17. The Bertz CT molecular complexity index is 352. The minimum absolute atomic E-state index is 0.133. The number of ether oxygens (including phenoxy) is 1. The van der Waals surface area contributed by atoms with E-state index in [0.717, 1.165) is 0 Å². The Hall–Kier alpha value is -1.22. The van der Waals surface area contributed by atoms with E-state index in [-0.39, 0.29) is 5.78 Å². The molecule has 2 N–H and O–H groups in total. The van der Waals surface area contributed by atoms with Crippen LogP contribution in [0.25, 0.3) is 0 Å². The molecule has 0 aliphatic heterocycles. The van der Waals surface area contributed by atoms with Crippen LogP contribution in [-0.4, -0.2) is 12.9 Å². The normalized spacial score (nSPS) is 12.2. The van der Waals surface area contributed by atoms with Crippen LogP contribution in [0.3, 0.4) is 0 Å². The number of para-hydroxylation sites is 1. The number of rotatable bonds is 3. The number of hydrogen-bond donors (Lipinski definition) is 1. The van der Waals surface area contributed by atoms with Crippen molar-refractivity contribution in [1.29, 1.82) is 0 Å². The monoisotopic (exact) mass is 213 g/mol. The Morgan fingerprint density at radius 3 is 2.71 bits per heavy atom. The SMILES string of the molecule is COc1cccc(C(Cl)C(C)=O)c1N. The van der Waals surface area contributed by atoms with Gasteiger partial charge in [-0.05, 0) is 13.0 Å². The van der Waals surface area contributed by atoms with E-state index in [4.69, 9.17) is 22.1 Å². The van der Waals surface area contributed by atoms with Crippen molar-refractivity contribution in [3.05, 3.63) is 23.8 Å². The number of anilines is 1. The van der Waals surface area contributed by atoms with Crippen LogP contribution >= 0.6 is 11.6 Å². The van der Waals surface area contributed by atoms with Crippen LogP contribution in [0.4, 0.5) is 5.69 Å². The molecule has 0 aliphatic rings. The number of alkyl halides is 1. The Morgan fingerprint density at radius 1 is 1.57 bits per heavy atom. The Kier molecular flexibility index (Phi) is 3.36. The molecular weight excluding hydrogens is 202 g/mol. The summed E-state index contributed by atoms with van der Waals surface area (Å²) >= 11 is 5.89. The van der Waals surface area contributed by atoms with Crippen molar-refractivity contribution >= 4 is 23.1 Å². The topological polar surface area (TPSA) is 52.3 Å². The summed E-state index contributed by atoms with van der Waals surface area (Å²) in [4.78, 5) is 11.1. The van der Waals surface area contributed by atoms with Crippen LogP contribution in [0.15, 0.2) is 18.2 Å². The van der Waals surface area contributed by atoms with Gasteiger partial charge in [0.1, 0.15) is 11.1 Å². The predicted molar refractivity (Wildman–Crippen MR) is 56.7 cm³/mol. The third-order valence-electron chi connectivity index (χ3n) is 1.95. The Balaban J connectivity index is 3.15. The molecule has 4 heteroatoms. The maximum Gasteiger partial charge on any atom is 0.152 e. The molecular formula is C10H12ClNO2. The molecule has 0 fully saturated rings. The molecule has 14 heavy (non-hydrogen) atoms.